The van der Waals surface area contributed by atoms with Crippen LogP contribution in [0.25, 0.3) is 0 Å². The van der Waals surface area contributed by atoms with E-state index in [0.29, 0.717) is 30.8 Å². The zero-order valence-electron chi connectivity index (χ0n) is 10.5. The molecule has 0 atom stereocenters. The zero-order valence-corrected chi connectivity index (χ0v) is 10.5. The summed E-state index contributed by atoms with van der Waals surface area (Å²) >= 11 is 0. The van der Waals surface area contributed by atoms with Crippen molar-refractivity contribution in [2.45, 2.75) is 25.6 Å². The number of fused-ring (bicyclic) bond motifs is 1. The first kappa shape index (κ1) is 12.7. The van der Waals surface area contributed by atoms with Gasteiger partial charge in [0.25, 0.3) is 0 Å². The first-order valence-corrected chi connectivity index (χ1v) is 6.45. The second-order valence-corrected chi connectivity index (χ2v) is 4.79. The molecule has 19 heavy (non-hydrogen) atoms. The van der Waals surface area contributed by atoms with Gasteiger partial charge in [-0.2, -0.15) is 0 Å². The molecule has 0 bridgehead atoms. The molecular weight excluding hydrogens is 247 g/mol. The monoisotopic (exact) mass is 262 g/mol. The Morgan fingerprint density at radius 2 is 2.16 bits per heavy atom. The minimum Gasteiger partial charge on any atom is -0.459 e. The number of carbonyl (C=O) groups excluding carboxylic acids is 1. The van der Waals surface area contributed by atoms with Crippen LogP contribution in [0.5, 0.6) is 0 Å². The van der Waals surface area contributed by atoms with Crippen LogP contribution in [0.4, 0.5) is 0 Å². The molecule has 5 nitrogen and oxygen atoms in total. The fourth-order valence-electron chi connectivity index (χ4n) is 2.35. The van der Waals surface area contributed by atoms with Crippen LogP contribution >= 0.6 is 0 Å². The Labute approximate surface area is 111 Å². The van der Waals surface area contributed by atoms with E-state index in [2.05, 4.69) is 0 Å². The molecule has 2 aliphatic heterocycles. The summed E-state index contributed by atoms with van der Waals surface area (Å²) in [7, 11) is -0.939. The van der Waals surface area contributed by atoms with Gasteiger partial charge < -0.3 is 19.2 Å². The van der Waals surface area contributed by atoms with Crippen molar-refractivity contribution in [1.82, 2.24) is 0 Å². The number of rotatable bonds is 2. The lowest BCUT2D eigenvalue weighted by molar-refractivity contribution is -0.0159. The number of carbonyl (C=O) groups is 1. The van der Waals surface area contributed by atoms with Gasteiger partial charge in [0.2, 0.25) is 0 Å². The highest BCUT2D eigenvalue weighted by molar-refractivity contribution is 6.61. The van der Waals surface area contributed by atoms with E-state index in [0.717, 1.165) is 18.4 Å². The lowest BCUT2D eigenvalue weighted by Gasteiger charge is -2.22. The van der Waals surface area contributed by atoms with Crippen LogP contribution in [-0.2, 0) is 20.7 Å². The first-order valence-electron chi connectivity index (χ1n) is 6.45. The lowest BCUT2D eigenvalue weighted by atomic mass is 9.79. The van der Waals surface area contributed by atoms with Crippen molar-refractivity contribution in [3.8, 4) is 0 Å². The van der Waals surface area contributed by atoms with E-state index < -0.39 is 7.12 Å². The van der Waals surface area contributed by atoms with Gasteiger partial charge in [-0.1, -0.05) is 6.07 Å². The standard InChI is InChI=1S/C13H15BO5/c15-13(19-11-3-5-17-6-4-11)9-1-2-10-8-18-14(16)12(10)7-9/h1-2,7,11,16H,3-6,8H2. The van der Waals surface area contributed by atoms with Crippen molar-refractivity contribution in [2.75, 3.05) is 13.2 Å². The fourth-order valence-corrected chi connectivity index (χ4v) is 2.35. The van der Waals surface area contributed by atoms with Gasteiger partial charge >= 0.3 is 13.1 Å². The smallest absolute Gasteiger partial charge is 0.459 e. The molecule has 1 N–H and O–H groups in total. The van der Waals surface area contributed by atoms with Gasteiger partial charge in [0, 0.05) is 12.8 Å². The summed E-state index contributed by atoms with van der Waals surface area (Å²) in [5, 5.41) is 9.62. The van der Waals surface area contributed by atoms with E-state index in [9.17, 15) is 9.82 Å². The Morgan fingerprint density at radius 1 is 1.37 bits per heavy atom. The average molecular weight is 262 g/mol. The molecule has 0 radical (unpaired) electrons. The molecule has 1 saturated heterocycles. The normalized spacial score (nSPS) is 19.3. The number of hydrogen-bond donors (Lipinski definition) is 1. The Bertz CT molecular complexity index is 484. The van der Waals surface area contributed by atoms with Crippen LogP contribution in [0, 0.1) is 0 Å². The maximum Gasteiger partial charge on any atom is 0.491 e. The van der Waals surface area contributed by atoms with Crippen LogP contribution in [0.15, 0.2) is 18.2 Å². The van der Waals surface area contributed by atoms with Crippen molar-refractivity contribution in [3.63, 3.8) is 0 Å². The maximum atomic E-state index is 12.0. The number of esters is 1. The lowest BCUT2D eigenvalue weighted by Crippen LogP contribution is -2.30. The van der Waals surface area contributed by atoms with Crippen LogP contribution < -0.4 is 5.46 Å². The van der Waals surface area contributed by atoms with Crippen molar-refractivity contribution < 1.29 is 23.9 Å². The van der Waals surface area contributed by atoms with Gasteiger partial charge in [0.05, 0.1) is 25.4 Å². The minimum atomic E-state index is -0.939. The number of hydrogen-bond acceptors (Lipinski definition) is 5. The summed E-state index contributed by atoms with van der Waals surface area (Å²) in [5.41, 5.74) is 2.02. The van der Waals surface area contributed by atoms with Crippen LogP contribution in [0.1, 0.15) is 28.8 Å². The number of ether oxygens (including phenoxy) is 2. The fraction of sp³-hybridized carbons (Fsp3) is 0.462. The third-order valence-corrected chi connectivity index (χ3v) is 3.49. The van der Waals surface area contributed by atoms with Crippen molar-refractivity contribution in [3.05, 3.63) is 29.3 Å². The Hall–Kier alpha value is -1.37. The molecule has 3 rings (SSSR count). The van der Waals surface area contributed by atoms with E-state index in [1.54, 1.807) is 18.2 Å². The van der Waals surface area contributed by atoms with Gasteiger partial charge in [0.1, 0.15) is 6.10 Å². The highest BCUT2D eigenvalue weighted by Gasteiger charge is 2.28. The highest BCUT2D eigenvalue weighted by atomic mass is 16.6. The predicted molar refractivity (Wildman–Crippen MR) is 68.1 cm³/mol. The average Bonchev–Trinajstić information content (AvgIpc) is 2.81. The molecule has 1 aromatic rings. The molecule has 0 unspecified atom stereocenters. The molecule has 100 valence electrons. The molecule has 0 aromatic heterocycles. The SMILES string of the molecule is O=C(OC1CCOCC1)c1ccc2c(c1)B(O)OC2. The zero-order chi connectivity index (χ0) is 13.2. The van der Waals surface area contributed by atoms with Gasteiger partial charge in [0.15, 0.2) is 0 Å². The quantitative estimate of drug-likeness (QED) is 0.611. The number of benzene rings is 1. The maximum absolute atomic E-state index is 12.0. The largest absolute Gasteiger partial charge is 0.491 e. The molecule has 2 aliphatic rings. The molecule has 0 spiro atoms. The second-order valence-electron chi connectivity index (χ2n) is 4.79. The van der Waals surface area contributed by atoms with E-state index in [1.165, 1.54) is 0 Å². The van der Waals surface area contributed by atoms with Crippen molar-refractivity contribution >= 4 is 18.6 Å². The Kier molecular flexibility index (Phi) is 3.55. The predicted octanol–water partition coefficient (Wildman–Crippen LogP) is 0.240. The van der Waals surface area contributed by atoms with E-state index in [-0.39, 0.29) is 12.1 Å². The van der Waals surface area contributed by atoms with Gasteiger partial charge in [-0.25, -0.2) is 4.79 Å². The van der Waals surface area contributed by atoms with E-state index in [1.807, 2.05) is 0 Å². The van der Waals surface area contributed by atoms with Crippen LogP contribution in [-0.4, -0.2) is 37.4 Å². The molecular formula is C13H15BO5. The molecule has 0 saturated carbocycles. The van der Waals surface area contributed by atoms with Gasteiger partial charge in [-0.15, -0.1) is 0 Å². The highest BCUT2D eigenvalue weighted by Crippen LogP contribution is 2.15. The summed E-state index contributed by atoms with van der Waals surface area (Å²) in [5.74, 6) is -0.353. The molecule has 6 heteroatoms. The van der Waals surface area contributed by atoms with Gasteiger partial charge in [-0.3, -0.25) is 0 Å². The minimum absolute atomic E-state index is 0.0734. The molecule has 1 fully saturated rings. The second kappa shape index (κ2) is 5.32. The summed E-state index contributed by atoms with van der Waals surface area (Å²) in [6, 6.07) is 5.16. The topological polar surface area (TPSA) is 65.0 Å². The summed E-state index contributed by atoms with van der Waals surface area (Å²) < 4.78 is 15.7. The molecule has 1 aromatic carbocycles. The third-order valence-electron chi connectivity index (χ3n) is 3.49. The van der Waals surface area contributed by atoms with E-state index >= 15 is 0 Å². The van der Waals surface area contributed by atoms with Crippen molar-refractivity contribution in [2.24, 2.45) is 0 Å². The Balaban J connectivity index is 1.71. The Morgan fingerprint density at radius 3 is 2.95 bits per heavy atom. The summed E-state index contributed by atoms with van der Waals surface area (Å²) in [6.07, 6.45) is 1.40. The van der Waals surface area contributed by atoms with E-state index in [4.69, 9.17) is 14.1 Å². The van der Waals surface area contributed by atoms with Crippen molar-refractivity contribution in [1.29, 1.82) is 0 Å². The summed E-state index contributed by atoms with van der Waals surface area (Å²) in [6.45, 7) is 1.65. The summed E-state index contributed by atoms with van der Waals surface area (Å²) in [4.78, 5) is 12.0. The first-order chi connectivity index (χ1) is 9.24. The van der Waals surface area contributed by atoms with Crippen LogP contribution in [0.3, 0.4) is 0 Å². The molecule has 0 amide bonds. The molecule has 2 heterocycles. The third kappa shape index (κ3) is 2.65. The van der Waals surface area contributed by atoms with Gasteiger partial charge in [-0.05, 0) is 23.2 Å². The van der Waals surface area contributed by atoms with Crippen LogP contribution in [0.2, 0.25) is 0 Å². The molecule has 0 aliphatic carbocycles.